The summed E-state index contributed by atoms with van der Waals surface area (Å²) in [6, 6.07) is 6.91. The third-order valence-electron chi connectivity index (χ3n) is 2.30. The molecule has 0 saturated carbocycles. The summed E-state index contributed by atoms with van der Waals surface area (Å²) in [6.45, 7) is 1.77. The number of aromatic nitrogens is 1. The fourth-order valence-electron chi connectivity index (χ4n) is 1.38. The zero-order valence-corrected chi connectivity index (χ0v) is 11.3. The van der Waals surface area contributed by atoms with Gasteiger partial charge in [-0.3, -0.25) is 4.79 Å². The molecule has 2 N–H and O–H groups in total. The Balaban J connectivity index is 1.97. The van der Waals surface area contributed by atoms with Gasteiger partial charge in [-0.25, -0.2) is 4.98 Å². The Kier molecular flexibility index (Phi) is 4.17. The summed E-state index contributed by atoms with van der Waals surface area (Å²) < 4.78 is 0. The Morgan fingerprint density at radius 3 is 2.89 bits per heavy atom. The van der Waals surface area contributed by atoms with Gasteiger partial charge in [0.1, 0.15) is 6.04 Å². The highest BCUT2D eigenvalue weighted by Crippen LogP contribution is 2.21. The maximum absolute atomic E-state index is 11.9. The van der Waals surface area contributed by atoms with E-state index >= 15 is 0 Å². The van der Waals surface area contributed by atoms with Crippen LogP contribution < -0.4 is 10.6 Å². The maximum Gasteiger partial charge on any atom is 0.248 e. The summed E-state index contributed by atoms with van der Waals surface area (Å²) in [5.41, 5.74) is 0.737. The molecule has 1 heterocycles. The van der Waals surface area contributed by atoms with Gasteiger partial charge >= 0.3 is 0 Å². The van der Waals surface area contributed by atoms with Crippen LogP contribution in [0.4, 0.5) is 10.8 Å². The molecule has 0 aliphatic heterocycles. The normalized spacial score (nSPS) is 11.9. The lowest BCUT2D eigenvalue weighted by atomic mass is 10.2. The first-order valence-electron chi connectivity index (χ1n) is 5.38. The average molecular weight is 282 g/mol. The molecular weight excluding hydrogens is 270 g/mol. The van der Waals surface area contributed by atoms with Crippen LogP contribution in [-0.4, -0.2) is 16.9 Å². The van der Waals surface area contributed by atoms with Crippen LogP contribution >= 0.6 is 22.9 Å². The number of rotatable bonds is 4. The first-order chi connectivity index (χ1) is 8.66. The Morgan fingerprint density at radius 2 is 2.22 bits per heavy atom. The number of thiazole rings is 1. The molecule has 1 amide bonds. The number of benzene rings is 1. The number of nitrogens with one attached hydrogen (secondary N) is 2. The second kappa shape index (κ2) is 5.84. The van der Waals surface area contributed by atoms with E-state index in [1.165, 1.54) is 11.3 Å². The minimum Gasteiger partial charge on any atom is -0.373 e. The molecule has 0 fully saturated rings. The van der Waals surface area contributed by atoms with Crippen molar-refractivity contribution >= 4 is 39.7 Å². The Bertz CT molecular complexity index is 530. The number of hydrogen-bond donors (Lipinski definition) is 2. The Hall–Kier alpha value is -1.59. The zero-order chi connectivity index (χ0) is 13.0. The number of hydrogen-bond acceptors (Lipinski definition) is 4. The SMILES string of the molecule is C[C@H](Nc1ccccc1Cl)C(=O)Nc1nccs1. The number of carbonyl (C=O) groups is 1. The molecule has 2 aromatic rings. The van der Waals surface area contributed by atoms with E-state index in [0.29, 0.717) is 10.2 Å². The quantitative estimate of drug-likeness (QED) is 0.905. The predicted octanol–water partition coefficient (Wildman–Crippen LogP) is 3.24. The van der Waals surface area contributed by atoms with Crippen molar-refractivity contribution in [1.29, 1.82) is 0 Å². The van der Waals surface area contributed by atoms with Crippen molar-refractivity contribution in [3.05, 3.63) is 40.9 Å². The van der Waals surface area contributed by atoms with E-state index in [2.05, 4.69) is 15.6 Å². The fourth-order valence-corrected chi connectivity index (χ4v) is 2.10. The molecule has 2 rings (SSSR count). The van der Waals surface area contributed by atoms with E-state index in [1.807, 2.05) is 23.6 Å². The molecule has 0 radical (unpaired) electrons. The second-order valence-electron chi connectivity index (χ2n) is 3.67. The molecule has 1 aromatic heterocycles. The third-order valence-corrected chi connectivity index (χ3v) is 3.32. The van der Waals surface area contributed by atoms with Crippen LogP contribution in [0.15, 0.2) is 35.8 Å². The minimum atomic E-state index is -0.395. The fraction of sp³-hybridized carbons (Fsp3) is 0.167. The van der Waals surface area contributed by atoms with Gasteiger partial charge < -0.3 is 10.6 Å². The molecule has 0 unspecified atom stereocenters. The van der Waals surface area contributed by atoms with E-state index < -0.39 is 6.04 Å². The number of amides is 1. The van der Waals surface area contributed by atoms with Crippen molar-refractivity contribution in [2.45, 2.75) is 13.0 Å². The number of carbonyl (C=O) groups excluding carboxylic acids is 1. The van der Waals surface area contributed by atoms with Crippen molar-refractivity contribution in [3.8, 4) is 0 Å². The Morgan fingerprint density at radius 1 is 1.44 bits per heavy atom. The van der Waals surface area contributed by atoms with Gasteiger partial charge in [0, 0.05) is 11.6 Å². The number of anilines is 2. The predicted molar refractivity (Wildman–Crippen MR) is 75.3 cm³/mol. The summed E-state index contributed by atoms with van der Waals surface area (Å²) in [4.78, 5) is 15.9. The standard InChI is InChI=1S/C12H12ClN3OS/c1-8(11(17)16-12-14-6-7-18-12)15-10-5-3-2-4-9(10)13/h2-8,15H,1H3,(H,14,16,17)/t8-/m0/s1. The molecular formula is C12H12ClN3OS. The van der Waals surface area contributed by atoms with Crippen LogP contribution in [0, 0.1) is 0 Å². The van der Waals surface area contributed by atoms with Gasteiger partial charge in [-0.05, 0) is 19.1 Å². The van der Waals surface area contributed by atoms with Crippen molar-refractivity contribution in [3.63, 3.8) is 0 Å². The van der Waals surface area contributed by atoms with Gasteiger partial charge in [-0.15, -0.1) is 11.3 Å². The van der Waals surface area contributed by atoms with E-state index in [4.69, 9.17) is 11.6 Å². The molecule has 0 spiro atoms. The highest BCUT2D eigenvalue weighted by molar-refractivity contribution is 7.13. The summed E-state index contributed by atoms with van der Waals surface area (Å²) in [5.74, 6) is -0.148. The van der Waals surface area contributed by atoms with Crippen LogP contribution in [0.2, 0.25) is 5.02 Å². The zero-order valence-electron chi connectivity index (χ0n) is 9.68. The molecule has 4 nitrogen and oxygen atoms in total. The van der Waals surface area contributed by atoms with Crippen molar-refractivity contribution in [2.24, 2.45) is 0 Å². The number of para-hydroxylation sites is 1. The number of halogens is 1. The van der Waals surface area contributed by atoms with Gasteiger partial charge in [0.25, 0.3) is 0 Å². The average Bonchev–Trinajstić information content (AvgIpc) is 2.84. The van der Waals surface area contributed by atoms with Crippen molar-refractivity contribution in [1.82, 2.24) is 4.98 Å². The number of nitrogens with zero attached hydrogens (tertiary/aromatic N) is 1. The van der Waals surface area contributed by atoms with Gasteiger partial charge in [-0.2, -0.15) is 0 Å². The van der Waals surface area contributed by atoms with Gasteiger partial charge in [0.2, 0.25) is 5.91 Å². The largest absolute Gasteiger partial charge is 0.373 e. The summed E-state index contributed by atoms with van der Waals surface area (Å²) in [6.07, 6.45) is 1.65. The highest BCUT2D eigenvalue weighted by atomic mass is 35.5. The molecule has 6 heteroatoms. The lowest BCUT2D eigenvalue weighted by Crippen LogP contribution is -2.31. The molecule has 0 aliphatic rings. The van der Waals surface area contributed by atoms with E-state index in [9.17, 15) is 4.79 Å². The Labute approximate surface area is 114 Å². The lowest BCUT2D eigenvalue weighted by molar-refractivity contribution is -0.116. The topological polar surface area (TPSA) is 54.0 Å². The first kappa shape index (κ1) is 12.9. The molecule has 1 aromatic carbocycles. The lowest BCUT2D eigenvalue weighted by Gasteiger charge is -2.15. The first-order valence-corrected chi connectivity index (χ1v) is 6.64. The van der Waals surface area contributed by atoms with E-state index in [1.54, 1.807) is 19.2 Å². The van der Waals surface area contributed by atoms with Gasteiger partial charge in [0.05, 0.1) is 10.7 Å². The van der Waals surface area contributed by atoms with Crippen LogP contribution in [0.1, 0.15) is 6.92 Å². The molecule has 0 aliphatic carbocycles. The van der Waals surface area contributed by atoms with E-state index in [-0.39, 0.29) is 5.91 Å². The third kappa shape index (κ3) is 3.21. The smallest absolute Gasteiger partial charge is 0.248 e. The summed E-state index contributed by atoms with van der Waals surface area (Å²) in [5, 5.41) is 8.77. The summed E-state index contributed by atoms with van der Waals surface area (Å²) in [7, 11) is 0. The molecule has 0 bridgehead atoms. The monoisotopic (exact) mass is 281 g/mol. The summed E-state index contributed by atoms with van der Waals surface area (Å²) >= 11 is 7.39. The molecule has 94 valence electrons. The second-order valence-corrected chi connectivity index (χ2v) is 4.97. The van der Waals surface area contributed by atoms with Crippen LogP contribution in [0.5, 0.6) is 0 Å². The minimum absolute atomic E-state index is 0.148. The van der Waals surface area contributed by atoms with Gasteiger partial charge in [0.15, 0.2) is 5.13 Å². The molecule has 1 atom stereocenters. The molecule has 0 saturated heterocycles. The maximum atomic E-state index is 11.9. The molecule has 18 heavy (non-hydrogen) atoms. The van der Waals surface area contributed by atoms with Crippen molar-refractivity contribution < 1.29 is 4.79 Å². The van der Waals surface area contributed by atoms with Crippen molar-refractivity contribution in [2.75, 3.05) is 10.6 Å². The highest BCUT2D eigenvalue weighted by Gasteiger charge is 2.14. The van der Waals surface area contributed by atoms with Crippen LogP contribution in [0.25, 0.3) is 0 Å². The van der Waals surface area contributed by atoms with E-state index in [0.717, 1.165) is 5.69 Å². The van der Waals surface area contributed by atoms with Crippen LogP contribution in [-0.2, 0) is 4.79 Å². The van der Waals surface area contributed by atoms with Crippen LogP contribution in [0.3, 0.4) is 0 Å². The van der Waals surface area contributed by atoms with Gasteiger partial charge in [-0.1, -0.05) is 23.7 Å².